The van der Waals surface area contributed by atoms with Gasteiger partial charge in [-0.1, -0.05) is 12.1 Å². The summed E-state index contributed by atoms with van der Waals surface area (Å²) < 4.78 is 1.37. The number of aromatic hydroxyl groups is 1. The molecule has 0 fully saturated rings. The van der Waals surface area contributed by atoms with E-state index in [2.05, 4.69) is 5.10 Å². The Balaban J connectivity index is 2.27. The molecule has 2 rings (SSSR count). The van der Waals surface area contributed by atoms with E-state index in [9.17, 15) is 9.90 Å². The van der Waals surface area contributed by atoms with E-state index in [1.54, 1.807) is 24.3 Å². The Labute approximate surface area is 91.6 Å². The summed E-state index contributed by atoms with van der Waals surface area (Å²) in [5.41, 5.74) is 0.926. The van der Waals surface area contributed by atoms with Crippen molar-refractivity contribution in [3.8, 4) is 5.75 Å². The van der Waals surface area contributed by atoms with Crippen LogP contribution in [0.15, 0.2) is 36.5 Å². The zero-order chi connectivity index (χ0) is 11.5. The van der Waals surface area contributed by atoms with Gasteiger partial charge < -0.3 is 10.2 Å². The minimum absolute atomic E-state index is 0.128. The van der Waals surface area contributed by atoms with Crippen LogP contribution in [0, 0.1) is 0 Å². The molecule has 2 N–H and O–H groups in total. The Hall–Kier alpha value is -2.30. The Morgan fingerprint density at radius 3 is 2.88 bits per heavy atom. The fourth-order valence-corrected chi connectivity index (χ4v) is 1.47. The predicted molar refractivity (Wildman–Crippen MR) is 56.4 cm³/mol. The Morgan fingerprint density at radius 1 is 1.38 bits per heavy atom. The summed E-state index contributed by atoms with van der Waals surface area (Å²) in [5.74, 6) is -0.862. The SMILES string of the molecule is O=C(O)c1ccnn1Cc1cccc(O)c1. The minimum atomic E-state index is -1.02. The van der Waals surface area contributed by atoms with Crippen LogP contribution in [0.2, 0.25) is 0 Å². The minimum Gasteiger partial charge on any atom is -0.508 e. The van der Waals surface area contributed by atoms with Crippen molar-refractivity contribution in [3.05, 3.63) is 47.8 Å². The second kappa shape index (κ2) is 4.06. The van der Waals surface area contributed by atoms with Gasteiger partial charge in [-0.05, 0) is 23.8 Å². The molecular weight excluding hydrogens is 208 g/mol. The number of carbonyl (C=O) groups is 1. The topological polar surface area (TPSA) is 75.3 Å². The molecule has 1 aromatic carbocycles. The lowest BCUT2D eigenvalue weighted by Crippen LogP contribution is -2.10. The van der Waals surface area contributed by atoms with Gasteiger partial charge in [0.25, 0.3) is 0 Å². The van der Waals surface area contributed by atoms with Crippen molar-refractivity contribution >= 4 is 5.97 Å². The van der Waals surface area contributed by atoms with Crippen molar-refractivity contribution in [2.24, 2.45) is 0 Å². The van der Waals surface area contributed by atoms with Crippen molar-refractivity contribution < 1.29 is 15.0 Å². The standard InChI is InChI=1S/C11H10N2O3/c14-9-3-1-2-8(6-9)7-13-10(11(15)16)4-5-12-13/h1-6,14H,7H2,(H,15,16). The van der Waals surface area contributed by atoms with Crippen LogP contribution in [-0.2, 0) is 6.54 Å². The predicted octanol–water partition coefficient (Wildman–Crippen LogP) is 1.34. The van der Waals surface area contributed by atoms with Crippen LogP contribution in [0.5, 0.6) is 5.75 Å². The molecule has 0 aliphatic heterocycles. The third-order valence-corrected chi connectivity index (χ3v) is 2.18. The Morgan fingerprint density at radius 2 is 2.19 bits per heavy atom. The summed E-state index contributed by atoms with van der Waals surface area (Å²) >= 11 is 0. The molecule has 0 unspecified atom stereocenters. The normalized spacial score (nSPS) is 10.2. The first-order valence-corrected chi connectivity index (χ1v) is 4.70. The van der Waals surface area contributed by atoms with E-state index in [0.29, 0.717) is 6.54 Å². The van der Waals surface area contributed by atoms with E-state index >= 15 is 0 Å². The van der Waals surface area contributed by atoms with E-state index in [4.69, 9.17) is 5.11 Å². The van der Waals surface area contributed by atoms with Gasteiger partial charge in [-0.2, -0.15) is 5.10 Å². The van der Waals surface area contributed by atoms with E-state index in [1.165, 1.54) is 16.9 Å². The van der Waals surface area contributed by atoms with Crippen molar-refractivity contribution in [2.45, 2.75) is 6.54 Å². The van der Waals surface area contributed by atoms with E-state index in [1.807, 2.05) is 0 Å². The van der Waals surface area contributed by atoms with Crippen LogP contribution in [0.25, 0.3) is 0 Å². The van der Waals surface area contributed by atoms with Crippen LogP contribution in [0.1, 0.15) is 16.1 Å². The van der Waals surface area contributed by atoms with Gasteiger partial charge in [0.05, 0.1) is 6.54 Å². The molecule has 1 heterocycles. The molecule has 1 aromatic heterocycles. The fourth-order valence-electron chi connectivity index (χ4n) is 1.47. The first-order chi connectivity index (χ1) is 7.66. The first kappa shape index (κ1) is 10.2. The number of hydrogen-bond acceptors (Lipinski definition) is 3. The van der Waals surface area contributed by atoms with Gasteiger partial charge >= 0.3 is 5.97 Å². The van der Waals surface area contributed by atoms with Crippen LogP contribution in [-0.4, -0.2) is 26.0 Å². The number of aromatic nitrogens is 2. The number of benzene rings is 1. The van der Waals surface area contributed by atoms with Crippen LogP contribution in [0.4, 0.5) is 0 Å². The van der Waals surface area contributed by atoms with Crippen molar-refractivity contribution in [2.75, 3.05) is 0 Å². The highest BCUT2D eigenvalue weighted by Gasteiger charge is 2.10. The Kier molecular flexibility index (Phi) is 2.59. The van der Waals surface area contributed by atoms with E-state index in [-0.39, 0.29) is 11.4 Å². The second-order valence-electron chi connectivity index (χ2n) is 3.35. The molecule has 0 aliphatic rings. The van der Waals surface area contributed by atoms with Crippen LogP contribution >= 0.6 is 0 Å². The third kappa shape index (κ3) is 2.03. The summed E-state index contributed by atoms with van der Waals surface area (Å²) in [6.07, 6.45) is 1.44. The quantitative estimate of drug-likeness (QED) is 0.815. The average molecular weight is 218 g/mol. The Bertz CT molecular complexity index is 519. The van der Waals surface area contributed by atoms with Gasteiger partial charge in [0.1, 0.15) is 11.4 Å². The summed E-state index contributed by atoms with van der Waals surface area (Å²) in [6.45, 7) is 0.322. The monoisotopic (exact) mass is 218 g/mol. The summed E-state index contributed by atoms with van der Waals surface area (Å²) in [6, 6.07) is 8.07. The fraction of sp³-hybridized carbons (Fsp3) is 0.0909. The van der Waals surface area contributed by atoms with Gasteiger partial charge in [0.2, 0.25) is 0 Å². The zero-order valence-electron chi connectivity index (χ0n) is 8.37. The van der Waals surface area contributed by atoms with E-state index in [0.717, 1.165) is 5.56 Å². The molecule has 0 atom stereocenters. The number of nitrogens with zero attached hydrogens (tertiary/aromatic N) is 2. The summed E-state index contributed by atoms with van der Waals surface area (Å²) in [7, 11) is 0. The number of phenolic OH excluding ortho intramolecular Hbond substituents is 1. The first-order valence-electron chi connectivity index (χ1n) is 4.70. The molecule has 0 bridgehead atoms. The number of carboxylic acids is 1. The van der Waals surface area contributed by atoms with Crippen LogP contribution < -0.4 is 0 Å². The number of hydrogen-bond donors (Lipinski definition) is 2. The number of rotatable bonds is 3. The number of carboxylic acid groups (broad SMARTS) is 1. The molecule has 0 amide bonds. The van der Waals surface area contributed by atoms with Gasteiger partial charge in [-0.3, -0.25) is 4.68 Å². The maximum atomic E-state index is 10.8. The van der Waals surface area contributed by atoms with Crippen molar-refractivity contribution in [3.63, 3.8) is 0 Å². The number of aromatic carboxylic acids is 1. The molecule has 0 radical (unpaired) electrons. The molecule has 2 aromatic rings. The molecule has 82 valence electrons. The number of phenols is 1. The molecule has 5 nitrogen and oxygen atoms in total. The highest BCUT2D eigenvalue weighted by atomic mass is 16.4. The largest absolute Gasteiger partial charge is 0.508 e. The summed E-state index contributed by atoms with van der Waals surface area (Å²) in [4.78, 5) is 10.8. The van der Waals surface area contributed by atoms with Crippen molar-refractivity contribution in [1.29, 1.82) is 0 Å². The molecule has 0 spiro atoms. The van der Waals surface area contributed by atoms with Gasteiger partial charge in [0, 0.05) is 6.20 Å². The zero-order valence-corrected chi connectivity index (χ0v) is 8.37. The molecule has 0 saturated heterocycles. The second-order valence-corrected chi connectivity index (χ2v) is 3.35. The molecule has 0 aliphatic carbocycles. The third-order valence-electron chi connectivity index (χ3n) is 2.18. The van der Waals surface area contributed by atoms with Crippen LogP contribution in [0.3, 0.4) is 0 Å². The van der Waals surface area contributed by atoms with Gasteiger partial charge in [-0.25, -0.2) is 4.79 Å². The maximum Gasteiger partial charge on any atom is 0.354 e. The van der Waals surface area contributed by atoms with Gasteiger partial charge in [0.15, 0.2) is 0 Å². The lowest BCUT2D eigenvalue weighted by molar-refractivity contribution is 0.0684. The van der Waals surface area contributed by atoms with Gasteiger partial charge in [-0.15, -0.1) is 0 Å². The summed E-state index contributed by atoms with van der Waals surface area (Å²) in [5, 5.41) is 22.1. The molecule has 5 heteroatoms. The van der Waals surface area contributed by atoms with Crippen molar-refractivity contribution in [1.82, 2.24) is 9.78 Å². The van der Waals surface area contributed by atoms with E-state index < -0.39 is 5.97 Å². The molecule has 16 heavy (non-hydrogen) atoms. The smallest absolute Gasteiger partial charge is 0.354 e. The molecular formula is C11H10N2O3. The lowest BCUT2D eigenvalue weighted by Gasteiger charge is -2.04. The lowest BCUT2D eigenvalue weighted by atomic mass is 10.2. The highest BCUT2D eigenvalue weighted by Crippen LogP contribution is 2.12. The molecule has 0 saturated carbocycles. The average Bonchev–Trinajstić information content (AvgIpc) is 2.66. The maximum absolute atomic E-state index is 10.8. The highest BCUT2D eigenvalue weighted by molar-refractivity contribution is 5.85.